The standard InChI is InChI=1S/C25H26Cl2O3/c1-16-6-7-18(10-17(16)2)11-23(19-4-3-5-21(26)12-19)20-8-9-25(24(27)13-20)30-15-22(29)14-28/h3-10,12-13,22-23,28-29H,11,14-15H2,1-2H3. The Labute approximate surface area is 187 Å². The van der Waals surface area contributed by atoms with Gasteiger partial charge in [0.05, 0.1) is 11.6 Å². The van der Waals surface area contributed by atoms with E-state index >= 15 is 0 Å². The van der Waals surface area contributed by atoms with E-state index in [0.29, 0.717) is 15.8 Å². The molecule has 3 rings (SSSR count). The summed E-state index contributed by atoms with van der Waals surface area (Å²) in [7, 11) is 0. The lowest BCUT2D eigenvalue weighted by Gasteiger charge is -2.20. The molecular formula is C25H26Cl2O3. The van der Waals surface area contributed by atoms with Gasteiger partial charge >= 0.3 is 0 Å². The normalized spacial score (nSPS) is 13.1. The highest BCUT2D eigenvalue weighted by Crippen LogP contribution is 2.35. The Kier molecular flexibility index (Phi) is 7.79. The second-order valence-electron chi connectivity index (χ2n) is 7.57. The summed E-state index contributed by atoms with van der Waals surface area (Å²) in [4.78, 5) is 0. The molecule has 2 N–H and O–H groups in total. The first-order valence-electron chi connectivity index (χ1n) is 9.90. The highest BCUT2D eigenvalue weighted by molar-refractivity contribution is 6.32. The lowest BCUT2D eigenvalue weighted by molar-refractivity contribution is 0.0536. The van der Waals surface area contributed by atoms with Crippen molar-refractivity contribution < 1.29 is 14.9 Å². The zero-order valence-corrected chi connectivity index (χ0v) is 18.6. The lowest BCUT2D eigenvalue weighted by atomic mass is 9.85. The van der Waals surface area contributed by atoms with Crippen molar-refractivity contribution in [3.63, 3.8) is 0 Å². The summed E-state index contributed by atoms with van der Waals surface area (Å²) in [6, 6.07) is 20.1. The van der Waals surface area contributed by atoms with Crippen LogP contribution in [0.2, 0.25) is 10.0 Å². The first-order valence-corrected chi connectivity index (χ1v) is 10.7. The molecule has 30 heavy (non-hydrogen) atoms. The summed E-state index contributed by atoms with van der Waals surface area (Å²) >= 11 is 12.7. The van der Waals surface area contributed by atoms with E-state index in [1.165, 1.54) is 16.7 Å². The number of ether oxygens (including phenoxy) is 1. The van der Waals surface area contributed by atoms with Crippen molar-refractivity contribution in [3.8, 4) is 5.75 Å². The zero-order chi connectivity index (χ0) is 21.7. The summed E-state index contributed by atoms with van der Waals surface area (Å²) in [5, 5.41) is 19.6. The van der Waals surface area contributed by atoms with Crippen LogP contribution in [0.4, 0.5) is 0 Å². The van der Waals surface area contributed by atoms with E-state index in [2.05, 4.69) is 38.1 Å². The van der Waals surface area contributed by atoms with Crippen LogP contribution in [0.5, 0.6) is 5.75 Å². The fourth-order valence-corrected chi connectivity index (χ4v) is 3.85. The van der Waals surface area contributed by atoms with Gasteiger partial charge in [0.25, 0.3) is 0 Å². The van der Waals surface area contributed by atoms with Crippen molar-refractivity contribution in [3.05, 3.63) is 98.5 Å². The Morgan fingerprint density at radius 3 is 2.33 bits per heavy atom. The first kappa shape index (κ1) is 22.6. The minimum Gasteiger partial charge on any atom is -0.489 e. The Hall–Kier alpha value is -2.04. The molecule has 0 aliphatic heterocycles. The Balaban J connectivity index is 1.93. The van der Waals surface area contributed by atoms with Crippen molar-refractivity contribution in [2.24, 2.45) is 0 Å². The van der Waals surface area contributed by atoms with Gasteiger partial charge < -0.3 is 14.9 Å². The van der Waals surface area contributed by atoms with Crippen LogP contribution in [-0.4, -0.2) is 29.5 Å². The molecule has 0 heterocycles. The molecule has 0 radical (unpaired) electrons. The van der Waals surface area contributed by atoms with Gasteiger partial charge in [0.15, 0.2) is 0 Å². The van der Waals surface area contributed by atoms with Crippen LogP contribution in [0, 0.1) is 13.8 Å². The van der Waals surface area contributed by atoms with Crippen molar-refractivity contribution in [1.29, 1.82) is 0 Å². The van der Waals surface area contributed by atoms with E-state index in [4.69, 9.17) is 33.0 Å². The number of halogens is 2. The third-order valence-corrected chi connectivity index (χ3v) is 5.79. The van der Waals surface area contributed by atoms with Crippen LogP contribution < -0.4 is 4.74 Å². The molecule has 5 heteroatoms. The van der Waals surface area contributed by atoms with E-state index in [1.54, 1.807) is 6.07 Å². The SMILES string of the molecule is Cc1ccc(CC(c2cccc(Cl)c2)c2ccc(OCC(O)CO)c(Cl)c2)cc1C. The average Bonchev–Trinajstić information content (AvgIpc) is 2.73. The van der Waals surface area contributed by atoms with Gasteiger partial charge in [0.1, 0.15) is 18.5 Å². The number of rotatable bonds is 8. The summed E-state index contributed by atoms with van der Waals surface area (Å²) < 4.78 is 5.53. The number of hydrogen-bond acceptors (Lipinski definition) is 3. The molecule has 3 aromatic carbocycles. The fourth-order valence-electron chi connectivity index (χ4n) is 3.41. The van der Waals surface area contributed by atoms with E-state index < -0.39 is 6.10 Å². The lowest BCUT2D eigenvalue weighted by Crippen LogP contribution is -2.21. The molecule has 0 spiro atoms. The van der Waals surface area contributed by atoms with Crippen LogP contribution in [0.1, 0.15) is 33.7 Å². The summed E-state index contributed by atoms with van der Waals surface area (Å²) in [5.74, 6) is 0.546. The quantitative estimate of drug-likeness (QED) is 0.467. The van der Waals surface area contributed by atoms with Crippen molar-refractivity contribution in [2.45, 2.75) is 32.3 Å². The van der Waals surface area contributed by atoms with E-state index in [-0.39, 0.29) is 19.1 Å². The molecule has 3 nitrogen and oxygen atoms in total. The third-order valence-electron chi connectivity index (χ3n) is 5.26. The van der Waals surface area contributed by atoms with Crippen LogP contribution in [0.3, 0.4) is 0 Å². The van der Waals surface area contributed by atoms with Gasteiger partial charge in [-0.25, -0.2) is 0 Å². The molecule has 0 saturated carbocycles. The van der Waals surface area contributed by atoms with Gasteiger partial charge in [-0.2, -0.15) is 0 Å². The van der Waals surface area contributed by atoms with Crippen LogP contribution in [-0.2, 0) is 6.42 Å². The number of aryl methyl sites for hydroxylation is 2. The minimum absolute atomic E-state index is 0.0179. The topological polar surface area (TPSA) is 49.7 Å². The van der Waals surface area contributed by atoms with Gasteiger partial charge in [-0.3, -0.25) is 0 Å². The van der Waals surface area contributed by atoms with E-state index in [9.17, 15) is 5.11 Å². The molecule has 0 bridgehead atoms. The molecule has 0 fully saturated rings. The second-order valence-corrected chi connectivity index (χ2v) is 8.41. The monoisotopic (exact) mass is 444 g/mol. The van der Waals surface area contributed by atoms with Crippen molar-refractivity contribution >= 4 is 23.2 Å². The maximum absolute atomic E-state index is 9.50. The second kappa shape index (κ2) is 10.3. The molecule has 2 atom stereocenters. The van der Waals surface area contributed by atoms with Crippen molar-refractivity contribution in [1.82, 2.24) is 0 Å². The van der Waals surface area contributed by atoms with E-state index in [1.807, 2.05) is 30.3 Å². The van der Waals surface area contributed by atoms with Gasteiger partial charge in [-0.05, 0) is 72.4 Å². The van der Waals surface area contributed by atoms with Crippen molar-refractivity contribution in [2.75, 3.05) is 13.2 Å². The molecular weight excluding hydrogens is 419 g/mol. The number of aliphatic hydroxyl groups is 2. The van der Waals surface area contributed by atoms with E-state index in [0.717, 1.165) is 17.5 Å². The number of benzene rings is 3. The number of hydrogen-bond donors (Lipinski definition) is 2. The summed E-state index contributed by atoms with van der Waals surface area (Å²) in [6.07, 6.45) is -0.133. The average molecular weight is 445 g/mol. The molecule has 0 amide bonds. The molecule has 0 aliphatic carbocycles. The van der Waals surface area contributed by atoms with Gasteiger partial charge in [-0.1, -0.05) is 59.6 Å². The molecule has 2 unspecified atom stereocenters. The fraction of sp³-hybridized carbons (Fsp3) is 0.280. The molecule has 0 aliphatic rings. The Bertz CT molecular complexity index is 1000. The molecule has 0 saturated heterocycles. The first-order chi connectivity index (χ1) is 14.4. The zero-order valence-electron chi connectivity index (χ0n) is 17.1. The predicted molar refractivity (Wildman–Crippen MR) is 123 cm³/mol. The largest absolute Gasteiger partial charge is 0.489 e. The van der Waals surface area contributed by atoms with Gasteiger partial charge in [0.2, 0.25) is 0 Å². The molecule has 3 aromatic rings. The molecule has 0 aromatic heterocycles. The van der Waals surface area contributed by atoms with Crippen LogP contribution >= 0.6 is 23.2 Å². The van der Waals surface area contributed by atoms with Crippen LogP contribution in [0.25, 0.3) is 0 Å². The summed E-state index contributed by atoms with van der Waals surface area (Å²) in [5.41, 5.74) is 5.94. The van der Waals surface area contributed by atoms with Crippen LogP contribution in [0.15, 0.2) is 60.7 Å². The highest BCUT2D eigenvalue weighted by atomic mass is 35.5. The Morgan fingerprint density at radius 1 is 0.900 bits per heavy atom. The minimum atomic E-state index is -0.940. The molecule has 158 valence electrons. The number of aliphatic hydroxyl groups excluding tert-OH is 2. The maximum Gasteiger partial charge on any atom is 0.138 e. The third kappa shape index (κ3) is 5.77. The summed E-state index contributed by atoms with van der Waals surface area (Å²) in [6.45, 7) is 3.86. The van der Waals surface area contributed by atoms with Gasteiger partial charge in [0, 0.05) is 10.9 Å². The predicted octanol–water partition coefficient (Wildman–Crippen LogP) is 5.72. The smallest absolute Gasteiger partial charge is 0.138 e. The Morgan fingerprint density at radius 2 is 1.67 bits per heavy atom. The maximum atomic E-state index is 9.50. The highest BCUT2D eigenvalue weighted by Gasteiger charge is 2.18. The van der Waals surface area contributed by atoms with Gasteiger partial charge in [-0.15, -0.1) is 0 Å².